The zero-order valence-corrected chi connectivity index (χ0v) is 20.8. The maximum Gasteiger partial charge on any atom is 0.391 e. The van der Waals surface area contributed by atoms with Crippen LogP contribution in [0, 0.1) is 5.92 Å². The third-order valence-corrected chi connectivity index (χ3v) is 6.62. The van der Waals surface area contributed by atoms with Crippen LogP contribution in [0.4, 0.5) is 13.2 Å². The Bertz CT molecular complexity index is 1070. The molecular weight excluding hydrogens is 497 g/mol. The monoisotopic (exact) mass is 526 g/mol. The first-order chi connectivity index (χ1) is 17.1. The number of Topliss-reactive ketones (excluding diaryl/α,β-unsaturated/α-hetero) is 1. The molecule has 6 nitrogen and oxygen atoms in total. The number of rotatable bonds is 10. The quantitative estimate of drug-likeness (QED) is 0.332. The van der Waals surface area contributed by atoms with E-state index in [4.69, 9.17) is 26.8 Å². The molecule has 0 unspecified atom stereocenters. The highest BCUT2D eigenvalue weighted by Gasteiger charge is 2.41. The summed E-state index contributed by atoms with van der Waals surface area (Å²) >= 11 is 6.21. The summed E-state index contributed by atoms with van der Waals surface area (Å²) < 4.78 is 49.6. The van der Waals surface area contributed by atoms with E-state index < -0.39 is 18.0 Å². The molecule has 0 heterocycles. The van der Waals surface area contributed by atoms with Crippen LogP contribution >= 0.6 is 11.6 Å². The first kappa shape index (κ1) is 28.0. The Labute approximate surface area is 213 Å². The minimum Gasteiger partial charge on any atom is -0.490 e. The first-order valence-electron chi connectivity index (χ1n) is 11.8. The summed E-state index contributed by atoms with van der Waals surface area (Å²) in [6.07, 6.45) is -3.80. The Morgan fingerprint density at radius 3 is 2.33 bits per heavy atom. The summed E-state index contributed by atoms with van der Waals surface area (Å²) in [6.45, 7) is 0.770. The topological polar surface area (TPSA) is 90.7 Å². The third-order valence-electron chi connectivity index (χ3n) is 6.29. The Morgan fingerprint density at radius 1 is 1.03 bits per heavy atom. The summed E-state index contributed by atoms with van der Waals surface area (Å²) in [4.78, 5) is 26.1. The van der Waals surface area contributed by atoms with Crippen LogP contribution in [-0.2, 0) is 17.7 Å². The van der Waals surface area contributed by atoms with Gasteiger partial charge < -0.3 is 20.5 Å². The zero-order chi connectivity index (χ0) is 26.3. The van der Waals surface area contributed by atoms with Crippen molar-refractivity contribution < 1.29 is 32.2 Å². The number of halogens is 4. The number of hydrogen-bond acceptors (Lipinski definition) is 5. The molecule has 2 aromatic carbocycles. The molecule has 0 aliphatic heterocycles. The molecule has 0 bridgehead atoms. The second-order valence-electron chi connectivity index (χ2n) is 8.85. The van der Waals surface area contributed by atoms with E-state index in [0.717, 1.165) is 5.56 Å². The van der Waals surface area contributed by atoms with E-state index >= 15 is 0 Å². The molecule has 1 aliphatic rings. The smallest absolute Gasteiger partial charge is 0.391 e. The van der Waals surface area contributed by atoms with Crippen molar-refractivity contribution in [1.29, 1.82) is 0 Å². The van der Waals surface area contributed by atoms with Gasteiger partial charge in [0.1, 0.15) is 12.4 Å². The maximum atomic E-state index is 13.1. The average Bonchev–Trinajstić information content (AvgIpc) is 2.85. The van der Waals surface area contributed by atoms with Crippen LogP contribution in [0.5, 0.6) is 5.75 Å². The van der Waals surface area contributed by atoms with Crippen LogP contribution < -0.4 is 15.8 Å². The van der Waals surface area contributed by atoms with Crippen LogP contribution in [0.3, 0.4) is 0 Å². The molecule has 2 aromatic rings. The zero-order valence-electron chi connectivity index (χ0n) is 20.0. The van der Waals surface area contributed by atoms with Crippen molar-refractivity contribution in [2.45, 2.75) is 50.9 Å². The van der Waals surface area contributed by atoms with E-state index in [0.29, 0.717) is 28.5 Å². The van der Waals surface area contributed by atoms with Crippen molar-refractivity contribution in [1.82, 2.24) is 5.32 Å². The molecule has 1 saturated carbocycles. The van der Waals surface area contributed by atoms with Crippen LogP contribution in [-0.4, -0.2) is 44.2 Å². The summed E-state index contributed by atoms with van der Waals surface area (Å²) in [6, 6.07) is 9.50. The van der Waals surface area contributed by atoms with E-state index in [9.17, 15) is 22.8 Å². The number of carbonyl (C=O) groups excluding carboxylic acids is 2. The van der Waals surface area contributed by atoms with Gasteiger partial charge in [0, 0.05) is 31.7 Å². The number of hydrogen-bond donors (Lipinski definition) is 2. The number of nitrogens with two attached hydrogens (primary N) is 1. The molecular formula is C26H30ClF3N2O4. The van der Waals surface area contributed by atoms with Gasteiger partial charge in [0.05, 0.1) is 23.1 Å². The fraction of sp³-hybridized carbons (Fsp3) is 0.462. The number of ketones is 1. The van der Waals surface area contributed by atoms with Gasteiger partial charge >= 0.3 is 6.18 Å². The number of carbonyl (C=O) groups is 2. The molecule has 0 radical (unpaired) electrons. The van der Waals surface area contributed by atoms with Crippen LogP contribution in [0.2, 0.25) is 5.02 Å². The van der Waals surface area contributed by atoms with Crippen LogP contribution in [0.1, 0.15) is 57.5 Å². The van der Waals surface area contributed by atoms with Gasteiger partial charge in [0.15, 0.2) is 5.78 Å². The lowest BCUT2D eigenvalue weighted by Gasteiger charge is -2.30. The van der Waals surface area contributed by atoms with Gasteiger partial charge in [-0.05, 0) is 61.1 Å². The fourth-order valence-corrected chi connectivity index (χ4v) is 4.47. The Morgan fingerprint density at radius 2 is 1.69 bits per heavy atom. The molecule has 1 aliphatic carbocycles. The van der Waals surface area contributed by atoms with E-state index in [-0.39, 0.29) is 62.6 Å². The molecule has 3 rings (SSSR count). The van der Waals surface area contributed by atoms with Gasteiger partial charge in [-0.3, -0.25) is 9.59 Å². The lowest BCUT2D eigenvalue weighted by molar-refractivity contribution is -0.182. The number of ether oxygens (including phenoxy) is 2. The summed E-state index contributed by atoms with van der Waals surface area (Å²) in [5, 5.41) is 3.15. The van der Waals surface area contributed by atoms with Crippen LogP contribution in [0.25, 0.3) is 0 Å². The first-order valence-corrected chi connectivity index (χ1v) is 12.1. The van der Waals surface area contributed by atoms with Gasteiger partial charge in [-0.1, -0.05) is 23.7 Å². The fourth-order valence-electron chi connectivity index (χ4n) is 4.25. The minimum absolute atomic E-state index is 0.0108. The van der Waals surface area contributed by atoms with Gasteiger partial charge in [-0.25, -0.2) is 0 Å². The van der Waals surface area contributed by atoms with Gasteiger partial charge in [0.25, 0.3) is 5.91 Å². The van der Waals surface area contributed by atoms with Gasteiger partial charge in [-0.2, -0.15) is 13.2 Å². The van der Waals surface area contributed by atoms with Crippen LogP contribution in [0.15, 0.2) is 36.4 Å². The highest BCUT2D eigenvalue weighted by Crippen LogP contribution is 2.37. The van der Waals surface area contributed by atoms with Crippen molar-refractivity contribution in [2.75, 3.05) is 20.3 Å². The second-order valence-corrected chi connectivity index (χ2v) is 9.26. The largest absolute Gasteiger partial charge is 0.490 e. The molecule has 36 heavy (non-hydrogen) atoms. The van der Waals surface area contributed by atoms with Crippen molar-refractivity contribution in [3.63, 3.8) is 0 Å². The highest BCUT2D eigenvalue weighted by atomic mass is 35.5. The number of methoxy groups -OCH3 is 1. The van der Waals surface area contributed by atoms with Crippen molar-refractivity contribution >= 4 is 23.3 Å². The SMILES string of the molecule is COCCOc1ccc(CC(=O)c2cc(CN)ccc2Cl)cc1C(=O)NC1CCC(C(F)(F)F)CC1. The predicted molar refractivity (Wildman–Crippen MR) is 130 cm³/mol. The number of nitrogens with one attached hydrogen (secondary N) is 1. The second kappa shape index (κ2) is 12.6. The van der Waals surface area contributed by atoms with Crippen molar-refractivity contribution in [2.24, 2.45) is 11.7 Å². The minimum atomic E-state index is -4.22. The third kappa shape index (κ3) is 7.44. The van der Waals surface area contributed by atoms with E-state index in [1.807, 2.05) is 0 Å². The highest BCUT2D eigenvalue weighted by molar-refractivity contribution is 6.34. The maximum absolute atomic E-state index is 13.1. The molecule has 1 amide bonds. The molecule has 0 spiro atoms. The molecule has 10 heteroatoms. The van der Waals surface area contributed by atoms with Crippen molar-refractivity contribution in [3.05, 3.63) is 63.7 Å². The molecule has 0 atom stereocenters. The van der Waals surface area contributed by atoms with Crippen molar-refractivity contribution in [3.8, 4) is 5.75 Å². The molecule has 0 aromatic heterocycles. The van der Waals surface area contributed by atoms with Gasteiger partial charge in [0.2, 0.25) is 0 Å². The average molecular weight is 527 g/mol. The van der Waals surface area contributed by atoms with Gasteiger partial charge in [-0.15, -0.1) is 0 Å². The van der Waals surface area contributed by atoms with E-state index in [1.54, 1.807) is 36.4 Å². The number of alkyl halides is 3. The Hall–Kier alpha value is -2.62. The molecule has 196 valence electrons. The molecule has 1 fully saturated rings. The number of benzene rings is 2. The normalized spacial score (nSPS) is 18.1. The molecule has 3 N–H and O–H groups in total. The number of amides is 1. The summed E-state index contributed by atoms with van der Waals surface area (Å²) in [7, 11) is 1.52. The Balaban J connectivity index is 1.76. The standard InChI is InChI=1S/C26H30ClF3N2O4/c1-35-10-11-36-24-9-3-16(14-23(33)20-13-17(15-31)2-8-22(20)27)12-21(24)25(34)32-19-6-4-18(5-7-19)26(28,29)30/h2-3,8-9,12-13,18-19H,4-7,10-11,14-15,31H2,1H3,(H,32,34). The Kier molecular flexibility index (Phi) is 9.76. The van der Waals surface area contributed by atoms with E-state index in [1.165, 1.54) is 7.11 Å². The lowest BCUT2D eigenvalue weighted by atomic mass is 9.85. The summed E-state index contributed by atoms with van der Waals surface area (Å²) in [5.74, 6) is -1.74. The lowest BCUT2D eigenvalue weighted by Crippen LogP contribution is -2.40. The molecule has 0 saturated heterocycles. The predicted octanol–water partition coefficient (Wildman–Crippen LogP) is 5.10. The summed E-state index contributed by atoms with van der Waals surface area (Å²) in [5.41, 5.74) is 7.55. The van der Waals surface area contributed by atoms with E-state index in [2.05, 4.69) is 5.32 Å².